The van der Waals surface area contributed by atoms with Crippen molar-refractivity contribution >= 4 is 28.2 Å². The highest BCUT2D eigenvalue weighted by Gasteiger charge is 2.30. The highest BCUT2D eigenvalue weighted by Crippen LogP contribution is 2.36. The van der Waals surface area contributed by atoms with Crippen molar-refractivity contribution in [3.05, 3.63) is 70.6 Å². The highest BCUT2D eigenvalue weighted by molar-refractivity contribution is 7.17. The van der Waals surface area contributed by atoms with Crippen LogP contribution in [0.25, 0.3) is 0 Å². The Balaban J connectivity index is 1.56. The molecule has 1 aromatic carbocycles. The number of hydrogen-bond acceptors (Lipinski definition) is 5. The number of amides is 1. The number of thiazole rings is 1. The van der Waals surface area contributed by atoms with Crippen molar-refractivity contribution in [1.29, 1.82) is 0 Å². The number of furan rings is 1. The molecule has 0 bridgehead atoms. The van der Waals surface area contributed by atoms with Crippen LogP contribution in [0.3, 0.4) is 0 Å². The molecule has 0 radical (unpaired) electrons. The van der Waals surface area contributed by atoms with Gasteiger partial charge in [0.25, 0.3) is 5.91 Å². The number of nitrogens with zero attached hydrogens (tertiary/aromatic N) is 1. The molecule has 1 amide bonds. The van der Waals surface area contributed by atoms with E-state index in [0.717, 1.165) is 11.3 Å². The molecule has 1 unspecified atom stereocenters. The fraction of sp³-hybridized carbons (Fsp3) is 0.167. The molecule has 2 aromatic heterocycles. The molecule has 2 heterocycles. The normalized spacial score (nSPS) is 16.7. The molecule has 24 heavy (non-hydrogen) atoms. The standard InChI is InChI=1S/C18H14N2O3S/c21-14-10-12(11-5-2-1-3-6-11)9-13-16(14)24-18(19-13)20-17(22)15-7-4-8-23-15/h1-8,12H,9-10H2,(H,19,20,22). The first-order chi connectivity index (χ1) is 11.7. The second-order valence-corrected chi connectivity index (χ2v) is 6.66. The molecule has 0 spiro atoms. The summed E-state index contributed by atoms with van der Waals surface area (Å²) in [5, 5.41) is 3.13. The van der Waals surface area contributed by atoms with E-state index < -0.39 is 0 Å². The van der Waals surface area contributed by atoms with Gasteiger partial charge in [-0.25, -0.2) is 4.98 Å². The van der Waals surface area contributed by atoms with Crippen molar-refractivity contribution in [2.75, 3.05) is 5.32 Å². The number of fused-ring (bicyclic) bond motifs is 1. The second-order valence-electron chi connectivity index (χ2n) is 5.67. The van der Waals surface area contributed by atoms with Gasteiger partial charge in [0.1, 0.15) is 0 Å². The predicted molar refractivity (Wildman–Crippen MR) is 90.6 cm³/mol. The number of nitrogens with one attached hydrogen (secondary N) is 1. The average Bonchev–Trinajstić information content (AvgIpc) is 3.25. The van der Waals surface area contributed by atoms with Crippen LogP contribution in [0, 0.1) is 0 Å². The van der Waals surface area contributed by atoms with Crippen LogP contribution in [-0.4, -0.2) is 16.7 Å². The summed E-state index contributed by atoms with van der Waals surface area (Å²) in [7, 11) is 0. The largest absolute Gasteiger partial charge is 0.459 e. The Morgan fingerprint density at radius 3 is 2.75 bits per heavy atom. The number of carbonyl (C=O) groups is 2. The Morgan fingerprint density at radius 2 is 2.00 bits per heavy atom. The fourth-order valence-electron chi connectivity index (χ4n) is 2.91. The monoisotopic (exact) mass is 338 g/mol. The van der Waals surface area contributed by atoms with E-state index in [1.54, 1.807) is 12.1 Å². The van der Waals surface area contributed by atoms with Crippen LogP contribution in [0.5, 0.6) is 0 Å². The minimum Gasteiger partial charge on any atom is -0.459 e. The molecule has 5 nitrogen and oxygen atoms in total. The molecule has 6 heteroatoms. The molecular weight excluding hydrogens is 324 g/mol. The maximum atomic E-state index is 12.4. The lowest BCUT2D eigenvalue weighted by atomic mass is 9.85. The van der Waals surface area contributed by atoms with E-state index >= 15 is 0 Å². The third-order valence-electron chi connectivity index (χ3n) is 4.06. The molecule has 1 aliphatic carbocycles. The van der Waals surface area contributed by atoms with Crippen LogP contribution < -0.4 is 5.32 Å². The molecule has 1 N–H and O–H groups in total. The molecule has 0 fully saturated rings. The number of benzene rings is 1. The minimum atomic E-state index is -0.363. The van der Waals surface area contributed by atoms with Gasteiger partial charge in [0.15, 0.2) is 16.7 Å². The van der Waals surface area contributed by atoms with Gasteiger partial charge in [0, 0.05) is 6.42 Å². The van der Waals surface area contributed by atoms with E-state index in [1.165, 1.54) is 17.6 Å². The number of ketones is 1. The maximum absolute atomic E-state index is 12.4. The summed E-state index contributed by atoms with van der Waals surface area (Å²) in [5.74, 6) is 0.0813. The smallest absolute Gasteiger partial charge is 0.293 e. The predicted octanol–water partition coefficient (Wildman–Crippen LogP) is 3.90. The minimum absolute atomic E-state index is 0.0844. The summed E-state index contributed by atoms with van der Waals surface area (Å²) in [6, 6.07) is 13.2. The summed E-state index contributed by atoms with van der Waals surface area (Å²) in [5.41, 5.74) is 1.91. The summed E-state index contributed by atoms with van der Waals surface area (Å²) in [6.07, 6.45) is 2.62. The maximum Gasteiger partial charge on any atom is 0.293 e. The summed E-state index contributed by atoms with van der Waals surface area (Å²) < 4.78 is 5.06. The highest BCUT2D eigenvalue weighted by atomic mass is 32.1. The summed E-state index contributed by atoms with van der Waals surface area (Å²) in [4.78, 5) is 29.6. The summed E-state index contributed by atoms with van der Waals surface area (Å²) in [6.45, 7) is 0. The number of hydrogen-bond donors (Lipinski definition) is 1. The first-order valence-corrected chi connectivity index (χ1v) is 8.45. The van der Waals surface area contributed by atoms with E-state index in [-0.39, 0.29) is 23.4 Å². The lowest BCUT2D eigenvalue weighted by Gasteiger charge is -2.20. The van der Waals surface area contributed by atoms with Crippen molar-refractivity contribution in [2.24, 2.45) is 0 Å². The molecule has 4 rings (SSSR count). The van der Waals surface area contributed by atoms with Crippen molar-refractivity contribution in [2.45, 2.75) is 18.8 Å². The van der Waals surface area contributed by atoms with Gasteiger partial charge in [-0.05, 0) is 30.0 Å². The van der Waals surface area contributed by atoms with Crippen molar-refractivity contribution < 1.29 is 14.0 Å². The second kappa shape index (κ2) is 6.05. The Kier molecular flexibility index (Phi) is 3.74. The van der Waals surface area contributed by atoms with Gasteiger partial charge in [0.2, 0.25) is 0 Å². The van der Waals surface area contributed by atoms with Gasteiger partial charge < -0.3 is 4.42 Å². The molecule has 1 aliphatic rings. The summed E-state index contributed by atoms with van der Waals surface area (Å²) >= 11 is 1.23. The van der Waals surface area contributed by atoms with Crippen molar-refractivity contribution in [1.82, 2.24) is 4.98 Å². The van der Waals surface area contributed by atoms with E-state index in [2.05, 4.69) is 10.3 Å². The topological polar surface area (TPSA) is 72.2 Å². The zero-order valence-corrected chi connectivity index (χ0v) is 13.5. The number of rotatable bonds is 3. The third kappa shape index (κ3) is 2.76. The van der Waals surface area contributed by atoms with Crippen LogP contribution in [0.4, 0.5) is 5.13 Å². The van der Waals surface area contributed by atoms with Crippen LogP contribution in [0.1, 0.15) is 43.8 Å². The van der Waals surface area contributed by atoms with Crippen LogP contribution in [0.2, 0.25) is 0 Å². The SMILES string of the molecule is O=C(Nc1nc2c(s1)C(=O)CC(c1ccccc1)C2)c1ccco1. The quantitative estimate of drug-likeness (QED) is 0.786. The van der Waals surface area contributed by atoms with E-state index in [9.17, 15) is 9.59 Å². The molecule has 0 saturated heterocycles. The fourth-order valence-corrected chi connectivity index (χ4v) is 3.85. The van der Waals surface area contributed by atoms with E-state index in [4.69, 9.17) is 4.42 Å². The first kappa shape index (κ1) is 14.8. The molecular formula is C18H14N2O3S. The molecule has 120 valence electrons. The van der Waals surface area contributed by atoms with Crippen LogP contribution in [0.15, 0.2) is 53.1 Å². The number of carbonyl (C=O) groups excluding carboxylic acids is 2. The number of aromatic nitrogens is 1. The van der Waals surface area contributed by atoms with Crippen LogP contribution in [-0.2, 0) is 6.42 Å². The van der Waals surface area contributed by atoms with Gasteiger partial charge in [0.05, 0.1) is 16.8 Å². The van der Waals surface area contributed by atoms with Gasteiger partial charge in [-0.1, -0.05) is 41.7 Å². The Hall–Kier alpha value is -2.73. The Morgan fingerprint density at radius 1 is 1.17 bits per heavy atom. The van der Waals surface area contributed by atoms with E-state index in [1.807, 2.05) is 30.3 Å². The number of Topliss-reactive ketones (excluding diaryl/α,β-unsaturated/α-hetero) is 1. The van der Waals surface area contributed by atoms with Gasteiger partial charge in [-0.2, -0.15) is 0 Å². The Bertz CT molecular complexity index is 884. The molecule has 1 atom stereocenters. The van der Waals surface area contributed by atoms with Gasteiger partial charge in [-0.15, -0.1) is 0 Å². The van der Waals surface area contributed by atoms with Crippen molar-refractivity contribution in [3.8, 4) is 0 Å². The Labute approximate surface area is 142 Å². The van der Waals surface area contributed by atoms with Crippen LogP contribution >= 0.6 is 11.3 Å². The zero-order valence-electron chi connectivity index (χ0n) is 12.7. The third-order valence-corrected chi connectivity index (χ3v) is 5.11. The lowest BCUT2D eigenvalue weighted by molar-refractivity contribution is 0.0966. The zero-order chi connectivity index (χ0) is 16.5. The van der Waals surface area contributed by atoms with Gasteiger partial charge in [-0.3, -0.25) is 14.9 Å². The van der Waals surface area contributed by atoms with E-state index in [0.29, 0.717) is 22.9 Å². The van der Waals surface area contributed by atoms with Crippen molar-refractivity contribution in [3.63, 3.8) is 0 Å². The molecule has 3 aromatic rings. The number of anilines is 1. The average molecular weight is 338 g/mol. The lowest BCUT2D eigenvalue weighted by Crippen LogP contribution is -2.17. The van der Waals surface area contributed by atoms with Gasteiger partial charge >= 0.3 is 0 Å². The first-order valence-electron chi connectivity index (χ1n) is 7.63. The molecule has 0 aliphatic heterocycles. The molecule has 0 saturated carbocycles.